The Labute approximate surface area is 96.1 Å². The number of thiazole rings is 1. The lowest BCUT2D eigenvalue weighted by molar-refractivity contribution is 0.436. The minimum Gasteiger partial charge on any atom is -0.314 e. The first-order valence-corrected chi connectivity index (χ1v) is 6.88. The average molecular weight is 224 g/mol. The van der Waals surface area contributed by atoms with Crippen LogP contribution in [0.15, 0.2) is 11.6 Å². The summed E-state index contributed by atoms with van der Waals surface area (Å²) in [6.45, 7) is 3.45. The van der Waals surface area contributed by atoms with E-state index in [1.165, 1.54) is 37.2 Å². The van der Waals surface area contributed by atoms with Gasteiger partial charge in [-0.15, -0.1) is 11.3 Å². The van der Waals surface area contributed by atoms with Gasteiger partial charge in [0.1, 0.15) is 0 Å². The maximum atomic E-state index is 4.37. The topological polar surface area (TPSA) is 24.9 Å². The maximum Gasteiger partial charge on any atom is 0.0928 e. The van der Waals surface area contributed by atoms with Crippen molar-refractivity contribution in [2.45, 2.75) is 45.1 Å². The quantitative estimate of drug-likeness (QED) is 0.770. The van der Waals surface area contributed by atoms with Crippen LogP contribution < -0.4 is 5.32 Å². The normalized spacial score (nSPS) is 17.9. The van der Waals surface area contributed by atoms with Crippen LogP contribution in [-0.4, -0.2) is 17.6 Å². The van der Waals surface area contributed by atoms with Crippen molar-refractivity contribution in [3.63, 3.8) is 0 Å². The zero-order valence-corrected chi connectivity index (χ0v) is 10.2. The number of aromatic nitrogens is 1. The van der Waals surface area contributed by atoms with Crippen molar-refractivity contribution in [1.82, 2.24) is 10.3 Å². The molecule has 3 heteroatoms. The van der Waals surface area contributed by atoms with E-state index in [0.717, 1.165) is 18.4 Å². The standard InChI is InChI=1S/C12H20N2S/c1-2-3-10(9-14-11-4-5-11)8-12-13-6-7-15-12/h6-7,10-11,14H,2-5,8-9H2,1H3. The molecular weight excluding hydrogens is 204 g/mol. The number of nitrogens with zero attached hydrogens (tertiary/aromatic N) is 1. The van der Waals surface area contributed by atoms with E-state index in [0.29, 0.717) is 0 Å². The molecule has 2 nitrogen and oxygen atoms in total. The van der Waals surface area contributed by atoms with Crippen LogP contribution >= 0.6 is 11.3 Å². The molecule has 1 aliphatic rings. The van der Waals surface area contributed by atoms with Crippen LogP contribution in [0.4, 0.5) is 0 Å². The summed E-state index contributed by atoms with van der Waals surface area (Å²) >= 11 is 1.79. The van der Waals surface area contributed by atoms with Crippen LogP contribution in [0, 0.1) is 5.92 Å². The monoisotopic (exact) mass is 224 g/mol. The molecule has 1 atom stereocenters. The van der Waals surface area contributed by atoms with Crippen molar-refractivity contribution in [2.75, 3.05) is 6.54 Å². The zero-order chi connectivity index (χ0) is 10.5. The van der Waals surface area contributed by atoms with Gasteiger partial charge < -0.3 is 5.32 Å². The van der Waals surface area contributed by atoms with Crippen LogP contribution in [-0.2, 0) is 6.42 Å². The summed E-state index contributed by atoms with van der Waals surface area (Å²) in [5, 5.41) is 7.00. The van der Waals surface area contributed by atoms with E-state index in [9.17, 15) is 0 Å². The summed E-state index contributed by atoms with van der Waals surface area (Å²) in [6.07, 6.45) is 8.44. The summed E-state index contributed by atoms with van der Waals surface area (Å²) in [6, 6.07) is 0.834. The molecular formula is C12H20N2S. The molecule has 1 aromatic rings. The highest BCUT2D eigenvalue weighted by atomic mass is 32.1. The fraction of sp³-hybridized carbons (Fsp3) is 0.750. The molecule has 1 saturated carbocycles. The van der Waals surface area contributed by atoms with Gasteiger partial charge in [-0.3, -0.25) is 0 Å². The molecule has 84 valence electrons. The van der Waals surface area contributed by atoms with E-state index in [-0.39, 0.29) is 0 Å². The third kappa shape index (κ3) is 3.92. The minimum atomic E-state index is 0.779. The molecule has 1 N–H and O–H groups in total. The Hall–Kier alpha value is -0.410. The lowest BCUT2D eigenvalue weighted by Gasteiger charge is -2.15. The highest BCUT2D eigenvalue weighted by molar-refractivity contribution is 7.09. The van der Waals surface area contributed by atoms with Gasteiger partial charge in [0.2, 0.25) is 0 Å². The Morgan fingerprint density at radius 3 is 3.07 bits per heavy atom. The highest BCUT2D eigenvalue weighted by Crippen LogP contribution is 2.21. The molecule has 1 heterocycles. The third-order valence-electron chi connectivity index (χ3n) is 2.92. The Balaban J connectivity index is 1.76. The molecule has 0 amide bonds. The van der Waals surface area contributed by atoms with Gasteiger partial charge in [0, 0.05) is 24.0 Å². The zero-order valence-electron chi connectivity index (χ0n) is 9.41. The first-order valence-electron chi connectivity index (χ1n) is 6.00. The molecule has 1 unspecified atom stereocenters. The minimum absolute atomic E-state index is 0.779. The average Bonchev–Trinajstić information content (AvgIpc) is 2.93. The van der Waals surface area contributed by atoms with Crippen molar-refractivity contribution >= 4 is 11.3 Å². The summed E-state index contributed by atoms with van der Waals surface area (Å²) < 4.78 is 0. The van der Waals surface area contributed by atoms with Gasteiger partial charge in [0.25, 0.3) is 0 Å². The summed E-state index contributed by atoms with van der Waals surface area (Å²) in [5.74, 6) is 0.779. The van der Waals surface area contributed by atoms with Crippen molar-refractivity contribution in [3.8, 4) is 0 Å². The van der Waals surface area contributed by atoms with Gasteiger partial charge in [-0.05, 0) is 31.7 Å². The Kier molecular flexibility index (Phi) is 4.15. The lowest BCUT2D eigenvalue weighted by atomic mass is 10.00. The number of rotatable bonds is 7. The van der Waals surface area contributed by atoms with Gasteiger partial charge >= 0.3 is 0 Å². The van der Waals surface area contributed by atoms with E-state index in [1.54, 1.807) is 11.3 Å². The summed E-state index contributed by atoms with van der Waals surface area (Å²) in [4.78, 5) is 4.37. The van der Waals surface area contributed by atoms with E-state index in [2.05, 4.69) is 22.6 Å². The Morgan fingerprint density at radius 1 is 1.60 bits per heavy atom. The van der Waals surface area contributed by atoms with E-state index in [1.807, 2.05) is 6.20 Å². The first-order chi connectivity index (χ1) is 7.38. The number of hydrogen-bond acceptors (Lipinski definition) is 3. The molecule has 1 aliphatic carbocycles. The smallest absolute Gasteiger partial charge is 0.0928 e. The van der Waals surface area contributed by atoms with Crippen molar-refractivity contribution in [1.29, 1.82) is 0 Å². The molecule has 0 spiro atoms. The molecule has 0 radical (unpaired) electrons. The summed E-state index contributed by atoms with van der Waals surface area (Å²) in [7, 11) is 0. The maximum absolute atomic E-state index is 4.37. The lowest BCUT2D eigenvalue weighted by Crippen LogP contribution is -2.26. The molecule has 1 fully saturated rings. The Bertz CT molecular complexity index is 267. The predicted molar refractivity (Wildman–Crippen MR) is 65.2 cm³/mol. The van der Waals surface area contributed by atoms with Crippen LogP contribution in [0.1, 0.15) is 37.6 Å². The largest absolute Gasteiger partial charge is 0.314 e. The summed E-state index contributed by atoms with van der Waals surface area (Å²) in [5.41, 5.74) is 0. The second-order valence-corrected chi connectivity index (χ2v) is 5.45. The fourth-order valence-electron chi connectivity index (χ4n) is 1.91. The highest BCUT2D eigenvalue weighted by Gasteiger charge is 2.21. The molecule has 0 saturated heterocycles. The van der Waals surface area contributed by atoms with Gasteiger partial charge in [-0.25, -0.2) is 4.98 Å². The first kappa shape index (κ1) is 11.1. The second-order valence-electron chi connectivity index (χ2n) is 4.47. The third-order valence-corrected chi connectivity index (χ3v) is 3.72. The van der Waals surface area contributed by atoms with Crippen molar-refractivity contribution in [2.24, 2.45) is 5.92 Å². The van der Waals surface area contributed by atoms with Gasteiger partial charge in [-0.1, -0.05) is 13.3 Å². The van der Waals surface area contributed by atoms with E-state index < -0.39 is 0 Å². The Morgan fingerprint density at radius 2 is 2.47 bits per heavy atom. The van der Waals surface area contributed by atoms with Crippen molar-refractivity contribution in [3.05, 3.63) is 16.6 Å². The van der Waals surface area contributed by atoms with Gasteiger partial charge in [0.15, 0.2) is 0 Å². The van der Waals surface area contributed by atoms with Gasteiger partial charge in [0.05, 0.1) is 5.01 Å². The van der Waals surface area contributed by atoms with Crippen LogP contribution in [0.2, 0.25) is 0 Å². The molecule has 15 heavy (non-hydrogen) atoms. The molecule has 0 aromatic carbocycles. The van der Waals surface area contributed by atoms with Gasteiger partial charge in [-0.2, -0.15) is 0 Å². The predicted octanol–water partition coefficient (Wildman–Crippen LogP) is 2.85. The number of nitrogens with one attached hydrogen (secondary N) is 1. The van der Waals surface area contributed by atoms with Crippen molar-refractivity contribution < 1.29 is 0 Å². The van der Waals surface area contributed by atoms with Crippen LogP contribution in [0.3, 0.4) is 0 Å². The van der Waals surface area contributed by atoms with E-state index >= 15 is 0 Å². The number of hydrogen-bond donors (Lipinski definition) is 1. The second kappa shape index (κ2) is 5.61. The molecule has 2 rings (SSSR count). The molecule has 0 bridgehead atoms. The van der Waals surface area contributed by atoms with Crippen LogP contribution in [0.5, 0.6) is 0 Å². The molecule has 1 aromatic heterocycles. The van der Waals surface area contributed by atoms with E-state index in [4.69, 9.17) is 0 Å². The van der Waals surface area contributed by atoms with Crippen LogP contribution in [0.25, 0.3) is 0 Å². The SMILES string of the molecule is CCCC(CNC1CC1)Cc1nccs1. The fourth-order valence-corrected chi connectivity index (χ4v) is 2.64. The molecule has 0 aliphatic heterocycles.